The number of piperidine rings is 1. The summed E-state index contributed by atoms with van der Waals surface area (Å²) < 4.78 is 14.2. The number of ether oxygens (including phenoxy) is 2. The predicted octanol–water partition coefficient (Wildman–Crippen LogP) is 5.77. The van der Waals surface area contributed by atoms with Crippen LogP contribution in [0.15, 0.2) is 79.0 Å². The Morgan fingerprint density at radius 3 is 2.50 bits per heavy atom. The fourth-order valence-electron chi connectivity index (χ4n) is 5.96. The lowest BCUT2D eigenvalue weighted by atomic mass is 9.82. The van der Waals surface area contributed by atoms with Crippen molar-refractivity contribution >= 4 is 22.5 Å². The number of hydrogen-bond donors (Lipinski definition) is 0. The molecule has 194 valence electrons. The first-order chi connectivity index (χ1) is 18.6. The van der Waals surface area contributed by atoms with E-state index in [4.69, 9.17) is 9.47 Å². The summed E-state index contributed by atoms with van der Waals surface area (Å²) in [5.74, 6) is 1.71. The zero-order chi connectivity index (χ0) is 26.1. The number of hydrogen-bond acceptors (Lipinski definition) is 5. The molecule has 1 saturated heterocycles. The molecular formula is C32H32N2O4. The Morgan fingerprint density at radius 2 is 1.71 bits per heavy atom. The molecule has 2 aliphatic rings. The number of fused-ring (bicyclic) bond motifs is 2. The van der Waals surface area contributed by atoms with E-state index in [1.54, 1.807) is 7.11 Å². The number of benzene rings is 3. The highest BCUT2D eigenvalue weighted by atomic mass is 16.5. The quantitative estimate of drug-likeness (QED) is 0.297. The van der Waals surface area contributed by atoms with E-state index in [9.17, 15) is 9.59 Å². The number of aromatic nitrogens is 1. The number of likely N-dealkylation sites (tertiary alicyclic amines) is 1. The van der Waals surface area contributed by atoms with E-state index in [0.29, 0.717) is 23.1 Å². The minimum Gasteiger partial charge on any atom is -0.495 e. The van der Waals surface area contributed by atoms with Crippen LogP contribution in [0.3, 0.4) is 0 Å². The maximum atomic E-state index is 13.3. The lowest BCUT2D eigenvalue weighted by Crippen LogP contribution is -2.51. The summed E-state index contributed by atoms with van der Waals surface area (Å²) in [4.78, 5) is 28.5. The van der Waals surface area contributed by atoms with Gasteiger partial charge < -0.3 is 18.9 Å². The Balaban J connectivity index is 1.13. The fraction of sp³-hybridized carbons (Fsp3) is 0.312. The molecule has 0 saturated carbocycles. The molecule has 38 heavy (non-hydrogen) atoms. The molecule has 1 spiro atoms. The van der Waals surface area contributed by atoms with Gasteiger partial charge in [-0.05, 0) is 31.2 Å². The molecule has 1 aromatic heterocycles. The molecule has 0 aliphatic carbocycles. The third kappa shape index (κ3) is 4.50. The van der Waals surface area contributed by atoms with Crippen LogP contribution in [-0.4, -0.2) is 53.4 Å². The molecule has 0 atom stereocenters. The highest BCUT2D eigenvalue weighted by Crippen LogP contribution is 2.39. The van der Waals surface area contributed by atoms with Gasteiger partial charge in [0.2, 0.25) is 0 Å². The van der Waals surface area contributed by atoms with Crippen LogP contribution in [0, 0.1) is 0 Å². The molecule has 6 rings (SSSR count). The van der Waals surface area contributed by atoms with Gasteiger partial charge in [0.05, 0.1) is 24.6 Å². The Labute approximate surface area is 222 Å². The van der Waals surface area contributed by atoms with Crippen molar-refractivity contribution in [1.82, 2.24) is 9.47 Å². The van der Waals surface area contributed by atoms with Gasteiger partial charge in [0, 0.05) is 55.2 Å². The second-order valence-electron chi connectivity index (χ2n) is 10.4. The molecule has 0 unspecified atom stereocenters. The minimum absolute atomic E-state index is 0.0209. The Morgan fingerprint density at radius 1 is 0.947 bits per heavy atom. The topological polar surface area (TPSA) is 60.8 Å². The first kappa shape index (κ1) is 24.4. The van der Waals surface area contributed by atoms with E-state index < -0.39 is 0 Å². The Bertz CT molecular complexity index is 1480. The van der Waals surface area contributed by atoms with Gasteiger partial charge in [-0.15, -0.1) is 0 Å². The van der Waals surface area contributed by atoms with Gasteiger partial charge in [-0.3, -0.25) is 9.59 Å². The van der Waals surface area contributed by atoms with E-state index in [0.717, 1.165) is 67.8 Å². The molecule has 0 bridgehead atoms. The number of carbonyl (C=O) groups excluding carboxylic acids is 2. The van der Waals surface area contributed by atoms with Crippen molar-refractivity contribution in [3.63, 3.8) is 0 Å². The van der Waals surface area contributed by atoms with Gasteiger partial charge in [0.1, 0.15) is 17.1 Å². The molecule has 3 heterocycles. The summed E-state index contributed by atoms with van der Waals surface area (Å²) in [6.07, 6.45) is 5.08. The largest absolute Gasteiger partial charge is 0.495 e. The van der Waals surface area contributed by atoms with Crippen LogP contribution in [-0.2, 0) is 6.54 Å². The van der Waals surface area contributed by atoms with Crippen molar-refractivity contribution in [3.05, 3.63) is 95.7 Å². The number of methoxy groups -OCH3 is 1. The monoisotopic (exact) mass is 508 g/mol. The normalized spacial score (nSPS) is 16.8. The van der Waals surface area contributed by atoms with E-state index in [-0.39, 0.29) is 17.2 Å². The number of ketones is 2. The first-order valence-corrected chi connectivity index (χ1v) is 13.4. The molecule has 0 amide bonds. The molecule has 6 heteroatoms. The smallest absolute Gasteiger partial charge is 0.195 e. The predicted molar refractivity (Wildman–Crippen MR) is 147 cm³/mol. The van der Waals surface area contributed by atoms with Gasteiger partial charge in [-0.2, -0.15) is 0 Å². The number of rotatable bonds is 7. The molecular weight excluding hydrogens is 476 g/mol. The number of Topliss-reactive ketones (excluding diaryl/α,β-unsaturated/α-hetero) is 1. The summed E-state index contributed by atoms with van der Waals surface area (Å²) in [5, 5.41) is 0.914. The van der Waals surface area contributed by atoms with Gasteiger partial charge in [0.25, 0.3) is 0 Å². The van der Waals surface area contributed by atoms with E-state index in [1.165, 1.54) is 0 Å². The molecule has 0 radical (unpaired) electrons. The highest BCUT2D eigenvalue weighted by Gasteiger charge is 2.42. The standard InChI is InChI=1S/C32H32N2O4/c1-37-29-14-7-12-24-26(31(36)23-9-3-2-4-10-23)22-34(30(24)29)18-8-17-33-19-15-32(16-20-33)21-27(35)25-11-5-6-13-28(25)38-32/h2-7,9-14,22H,8,15-21H2,1H3. The first-order valence-electron chi connectivity index (χ1n) is 13.4. The fourth-order valence-corrected chi connectivity index (χ4v) is 5.96. The van der Waals surface area contributed by atoms with Crippen molar-refractivity contribution in [1.29, 1.82) is 0 Å². The van der Waals surface area contributed by atoms with Crippen molar-refractivity contribution in [2.24, 2.45) is 0 Å². The molecule has 3 aromatic carbocycles. The number of nitrogens with zero attached hydrogens (tertiary/aromatic N) is 2. The van der Waals surface area contributed by atoms with Crippen molar-refractivity contribution < 1.29 is 19.1 Å². The average Bonchev–Trinajstić information content (AvgIpc) is 3.33. The molecule has 6 nitrogen and oxygen atoms in total. The highest BCUT2D eigenvalue weighted by molar-refractivity contribution is 6.17. The summed E-state index contributed by atoms with van der Waals surface area (Å²) in [5.41, 5.74) is 2.67. The average molecular weight is 509 g/mol. The second-order valence-corrected chi connectivity index (χ2v) is 10.4. The Hall–Kier alpha value is -3.90. The van der Waals surface area contributed by atoms with Crippen LogP contribution < -0.4 is 9.47 Å². The van der Waals surface area contributed by atoms with Gasteiger partial charge in [-0.25, -0.2) is 0 Å². The molecule has 0 N–H and O–H groups in total. The van der Waals surface area contributed by atoms with Crippen LogP contribution in [0.5, 0.6) is 11.5 Å². The van der Waals surface area contributed by atoms with Crippen LogP contribution in [0.1, 0.15) is 52.0 Å². The number of carbonyl (C=O) groups is 2. The third-order valence-electron chi connectivity index (χ3n) is 8.00. The van der Waals surface area contributed by atoms with E-state index >= 15 is 0 Å². The summed E-state index contributed by atoms with van der Waals surface area (Å²) in [6.45, 7) is 3.53. The molecule has 4 aromatic rings. The zero-order valence-corrected chi connectivity index (χ0v) is 21.7. The summed E-state index contributed by atoms with van der Waals surface area (Å²) >= 11 is 0. The zero-order valence-electron chi connectivity index (χ0n) is 21.7. The van der Waals surface area contributed by atoms with Crippen LogP contribution >= 0.6 is 0 Å². The third-order valence-corrected chi connectivity index (χ3v) is 8.00. The van der Waals surface area contributed by atoms with Crippen molar-refractivity contribution in [2.75, 3.05) is 26.7 Å². The van der Waals surface area contributed by atoms with Gasteiger partial charge in [0.15, 0.2) is 11.6 Å². The Kier molecular flexibility index (Phi) is 6.50. The van der Waals surface area contributed by atoms with E-state index in [2.05, 4.69) is 9.47 Å². The minimum atomic E-state index is -0.376. The summed E-state index contributed by atoms with van der Waals surface area (Å²) in [6, 6.07) is 22.9. The van der Waals surface area contributed by atoms with E-state index in [1.807, 2.05) is 79.0 Å². The van der Waals surface area contributed by atoms with Crippen LogP contribution in [0.25, 0.3) is 10.9 Å². The van der Waals surface area contributed by atoms with Crippen molar-refractivity contribution in [2.45, 2.75) is 37.8 Å². The maximum absolute atomic E-state index is 13.3. The van der Waals surface area contributed by atoms with Crippen LogP contribution in [0.2, 0.25) is 0 Å². The number of aryl methyl sites for hydroxylation is 1. The molecule has 1 fully saturated rings. The van der Waals surface area contributed by atoms with Gasteiger partial charge in [-0.1, -0.05) is 54.6 Å². The summed E-state index contributed by atoms with van der Waals surface area (Å²) in [7, 11) is 1.67. The maximum Gasteiger partial charge on any atom is 0.195 e. The van der Waals surface area contributed by atoms with Crippen LogP contribution in [0.4, 0.5) is 0 Å². The SMILES string of the molecule is COc1cccc2c(C(=O)c3ccccc3)cn(CCCN3CCC4(CC3)CC(=O)c3ccccc3O4)c12. The lowest BCUT2D eigenvalue weighted by Gasteiger charge is -2.44. The van der Waals surface area contributed by atoms with Crippen molar-refractivity contribution in [3.8, 4) is 11.5 Å². The number of para-hydroxylation sites is 2. The lowest BCUT2D eigenvalue weighted by molar-refractivity contribution is -0.00926. The second kappa shape index (κ2) is 10.1. The molecule has 2 aliphatic heterocycles. The van der Waals surface area contributed by atoms with Gasteiger partial charge >= 0.3 is 0 Å².